The van der Waals surface area contributed by atoms with Gasteiger partial charge in [-0.2, -0.15) is 0 Å². The Labute approximate surface area is 241 Å². The average molecular weight is 572 g/mol. The summed E-state index contributed by atoms with van der Waals surface area (Å²) in [5.74, 6) is 1.06. The number of fused-ring (bicyclic) bond motifs is 2. The lowest BCUT2D eigenvalue weighted by Crippen LogP contribution is -2.29. The highest BCUT2D eigenvalue weighted by molar-refractivity contribution is 7.23. The number of anilines is 1. The first-order chi connectivity index (χ1) is 19.6. The van der Waals surface area contributed by atoms with Crippen molar-refractivity contribution < 1.29 is 19.0 Å². The van der Waals surface area contributed by atoms with Gasteiger partial charge in [-0.15, -0.1) is 22.7 Å². The summed E-state index contributed by atoms with van der Waals surface area (Å²) >= 11 is 3.30. The van der Waals surface area contributed by atoms with E-state index < -0.39 is 0 Å². The van der Waals surface area contributed by atoms with Gasteiger partial charge in [0.25, 0.3) is 5.91 Å². The van der Waals surface area contributed by atoms with Crippen molar-refractivity contribution in [1.29, 1.82) is 0 Å². The number of benzene rings is 3. The van der Waals surface area contributed by atoms with E-state index in [1.165, 1.54) is 16.0 Å². The number of thiophene rings is 1. The Morgan fingerprint density at radius 1 is 0.950 bits per heavy atom. The molecule has 0 spiro atoms. The Kier molecular flexibility index (Phi) is 7.42. The Hall–Kier alpha value is -3.92. The first kappa shape index (κ1) is 26.3. The van der Waals surface area contributed by atoms with Crippen molar-refractivity contribution in [2.24, 2.45) is 0 Å². The number of hydrogen-bond acceptors (Lipinski definition) is 8. The maximum absolute atomic E-state index is 13.6. The molecule has 1 aliphatic heterocycles. The molecule has 3 aromatic carbocycles. The number of hydrogen-bond donors (Lipinski definition) is 1. The van der Waals surface area contributed by atoms with E-state index >= 15 is 0 Å². The number of carbonyl (C=O) groups is 1. The van der Waals surface area contributed by atoms with Crippen LogP contribution >= 0.6 is 22.7 Å². The van der Waals surface area contributed by atoms with Crippen molar-refractivity contribution >= 4 is 43.8 Å². The van der Waals surface area contributed by atoms with Crippen LogP contribution < -0.4 is 19.5 Å². The summed E-state index contributed by atoms with van der Waals surface area (Å²) in [6, 6.07) is 22.0. The van der Waals surface area contributed by atoms with Gasteiger partial charge in [-0.05, 0) is 41.8 Å². The van der Waals surface area contributed by atoms with Gasteiger partial charge in [0.05, 0.1) is 31.5 Å². The smallest absolute Gasteiger partial charge is 0.256 e. The summed E-state index contributed by atoms with van der Waals surface area (Å²) in [5, 5.41) is 4.94. The van der Waals surface area contributed by atoms with Gasteiger partial charge in [0.15, 0.2) is 11.5 Å². The number of nitrogens with one attached hydrogen (secondary N) is 1. The average Bonchev–Trinajstić information content (AvgIpc) is 3.57. The van der Waals surface area contributed by atoms with E-state index in [1.54, 1.807) is 56.1 Å². The lowest BCUT2D eigenvalue weighted by Gasteiger charge is -2.27. The van der Waals surface area contributed by atoms with E-state index in [2.05, 4.69) is 40.5 Å². The monoisotopic (exact) mass is 571 g/mol. The number of ether oxygens (including phenoxy) is 3. The zero-order valence-corrected chi connectivity index (χ0v) is 24.2. The fourth-order valence-electron chi connectivity index (χ4n) is 5.11. The third-order valence-corrected chi connectivity index (χ3v) is 9.23. The number of nitrogens with zero attached hydrogens (tertiary/aromatic N) is 2. The minimum absolute atomic E-state index is 0.249. The molecule has 1 amide bonds. The van der Waals surface area contributed by atoms with Gasteiger partial charge >= 0.3 is 0 Å². The normalized spacial score (nSPS) is 13.2. The molecule has 0 bridgehead atoms. The zero-order chi connectivity index (χ0) is 27.6. The highest BCUT2D eigenvalue weighted by Gasteiger charge is 2.28. The number of carbonyl (C=O) groups excluding carboxylic acids is 1. The highest BCUT2D eigenvalue weighted by atomic mass is 32.1. The molecule has 0 aliphatic carbocycles. The Morgan fingerprint density at radius 3 is 2.38 bits per heavy atom. The third kappa shape index (κ3) is 5.03. The van der Waals surface area contributed by atoms with Gasteiger partial charge in [0.1, 0.15) is 10.0 Å². The molecule has 5 aromatic rings. The van der Waals surface area contributed by atoms with Crippen LogP contribution in [-0.4, -0.2) is 43.7 Å². The second-order valence-electron chi connectivity index (χ2n) is 9.51. The lowest BCUT2D eigenvalue weighted by molar-refractivity contribution is 0.102. The lowest BCUT2D eigenvalue weighted by atomic mass is 10.0. The Morgan fingerprint density at radius 2 is 1.68 bits per heavy atom. The van der Waals surface area contributed by atoms with Crippen molar-refractivity contribution in [1.82, 2.24) is 9.88 Å². The summed E-state index contributed by atoms with van der Waals surface area (Å²) in [7, 11) is 4.62. The molecule has 1 N–H and O–H groups in total. The number of para-hydroxylation sites is 1. The quantitative estimate of drug-likeness (QED) is 0.219. The maximum atomic E-state index is 13.6. The fourth-order valence-corrected chi connectivity index (χ4v) is 7.51. The summed E-state index contributed by atoms with van der Waals surface area (Å²) in [5.41, 5.74) is 4.98. The van der Waals surface area contributed by atoms with Crippen LogP contribution in [-0.2, 0) is 19.5 Å². The second kappa shape index (κ2) is 11.3. The number of thiazole rings is 1. The summed E-state index contributed by atoms with van der Waals surface area (Å²) in [6.07, 6.45) is 0.893. The molecule has 0 fully saturated rings. The van der Waals surface area contributed by atoms with Gasteiger partial charge in [-0.1, -0.05) is 42.5 Å². The van der Waals surface area contributed by atoms with Crippen LogP contribution in [0.1, 0.15) is 26.4 Å². The third-order valence-electron chi connectivity index (χ3n) is 7.05. The van der Waals surface area contributed by atoms with Gasteiger partial charge in [-0.3, -0.25) is 9.69 Å². The van der Waals surface area contributed by atoms with Crippen molar-refractivity contribution in [3.8, 4) is 27.8 Å². The maximum Gasteiger partial charge on any atom is 0.256 e. The number of amides is 1. The topological polar surface area (TPSA) is 72.9 Å². The van der Waals surface area contributed by atoms with Gasteiger partial charge in [0, 0.05) is 35.6 Å². The van der Waals surface area contributed by atoms with Crippen LogP contribution in [0.15, 0.2) is 66.7 Å². The molecule has 6 rings (SSSR count). The minimum atomic E-state index is -0.249. The van der Waals surface area contributed by atoms with Crippen molar-refractivity contribution in [2.45, 2.75) is 19.5 Å². The SMILES string of the molecule is COc1cc(C(=O)Nc2sc3c(c2-c2nc4ccccc4s2)CCN(Cc2ccccc2)C3)cc(OC)c1OC. The van der Waals surface area contributed by atoms with Crippen molar-refractivity contribution in [3.63, 3.8) is 0 Å². The van der Waals surface area contributed by atoms with Crippen LogP contribution in [0, 0.1) is 0 Å². The predicted molar refractivity (Wildman–Crippen MR) is 161 cm³/mol. The first-order valence-electron chi connectivity index (χ1n) is 13.0. The molecule has 40 heavy (non-hydrogen) atoms. The largest absolute Gasteiger partial charge is 0.493 e. The molecule has 9 heteroatoms. The fraction of sp³-hybridized carbons (Fsp3) is 0.226. The van der Waals surface area contributed by atoms with Gasteiger partial charge < -0.3 is 19.5 Å². The molecular formula is C31H29N3O4S2. The van der Waals surface area contributed by atoms with E-state index in [0.717, 1.165) is 51.8 Å². The standard InChI is InChI=1S/C31H29N3O4S2/c1-36-23-15-20(16-24(37-2)28(23)38-3)29(35)33-31-27(30-32-22-11-7-8-12-25(22)39-30)21-13-14-34(18-26(21)40-31)17-19-9-5-4-6-10-19/h4-12,15-16H,13-14,17-18H2,1-3H3,(H,33,35). The first-order valence-corrected chi connectivity index (χ1v) is 14.6. The molecule has 0 saturated heterocycles. The molecule has 3 heterocycles. The van der Waals surface area contributed by atoms with E-state index in [4.69, 9.17) is 19.2 Å². The molecule has 2 aromatic heterocycles. The van der Waals surface area contributed by atoms with Gasteiger partial charge in [-0.25, -0.2) is 4.98 Å². The van der Waals surface area contributed by atoms with Crippen LogP contribution in [0.3, 0.4) is 0 Å². The molecule has 0 radical (unpaired) electrons. The summed E-state index contributed by atoms with van der Waals surface area (Å²) in [4.78, 5) is 22.3. The van der Waals surface area contributed by atoms with E-state index in [1.807, 2.05) is 24.3 Å². The summed E-state index contributed by atoms with van der Waals surface area (Å²) < 4.78 is 17.5. The highest BCUT2D eigenvalue weighted by Crippen LogP contribution is 2.46. The van der Waals surface area contributed by atoms with E-state index in [9.17, 15) is 4.79 Å². The Balaban J connectivity index is 1.37. The van der Waals surface area contributed by atoms with Crippen molar-refractivity contribution in [3.05, 3.63) is 88.3 Å². The number of methoxy groups -OCH3 is 3. The molecule has 204 valence electrons. The Bertz CT molecular complexity index is 1620. The van der Waals surface area contributed by atoms with Crippen LogP contribution in [0.5, 0.6) is 17.2 Å². The van der Waals surface area contributed by atoms with E-state index in [-0.39, 0.29) is 5.91 Å². The summed E-state index contributed by atoms with van der Waals surface area (Å²) in [6.45, 7) is 2.66. The molecule has 0 saturated carbocycles. The van der Waals surface area contributed by atoms with Gasteiger partial charge in [0.2, 0.25) is 5.75 Å². The molecule has 0 unspecified atom stereocenters. The van der Waals surface area contributed by atoms with Crippen LogP contribution in [0.25, 0.3) is 20.8 Å². The van der Waals surface area contributed by atoms with E-state index in [0.29, 0.717) is 22.8 Å². The molecule has 0 atom stereocenters. The van der Waals surface area contributed by atoms with Crippen molar-refractivity contribution in [2.75, 3.05) is 33.2 Å². The number of aromatic nitrogens is 1. The molecule has 1 aliphatic rings. The second-order valence-corrected chi connectivity index (χ2v) is 11.6. The zero-order valence-electron chi connectivity index (χ0n) is 22.5. The van der Waals surface area contributed by atoms with Crippen LogP contribution in [0.4, 0.5) is 5.00 Å². The van der Waals surface area contributed by atoms with Crippen LogP contribution in [0.2, 0.25) is 0 Å². The number of rotatable bonds is 8. The molecular weight excluding hydrogens is 542 g/mol. The molecule has 7 nitrogen and oxygen atoms in total. The minimum Gasteiger partial charge on any atom is -0.493 e. The predicted octanol–water partition coefficient (Wildman–Crippen LogP) is 6.86.